The van der Waals surface area contributed by atoms with Crippen molar-refractivity contribution in [3.05, 3.63) is 33.8 Å². The molecule has 0 radical (unpaired) electrons. The molecule has 1 aliphatic carbocycles. The van der Waals surface area contributed by atoms with Gasteiger partial charge in [-0.25, -0.2) is 0 Å². The summed E-state index contributed by atoms with van der Waals surface area (Å²) in [4.78, 5) is 0. The van der Waals surface area contributed by atoms with E-state index >= 15 is 0 Å². The number of nitrogens with one attached hydrogen (secondary N) is 1. The molecule has 1 aromatic carbocycles. The van der Waals surface area contributed by atoms with E-state index in [2.05, 4.69) is 39.4 Å². The molecule has 106 valence electrons. The summed E-state index contributed by atoms with van der Waals surface area (Å²) in [5, 5.41) is 3.56. The zero-order valence-electron chi connectivity index (χ0n) is 11.6. The quantitative estimate of drug-likeness (QED) is 0.778. The lowest BCUT2D eigenvalue weighted by atomic mass is 10.1. The second-order valence-corrected chi connectivity index (χ2v) is 5.60. The molecule has 1 N–H and O–H groups in total. The van der Waals surface area contributed by atoms with Crippen LogP contribution in [0, 0.1) is 0 Å². The Morgan fingerprint density at radius 3 is 2.74 bits per heavy atom. The normalized spacial score (nSPS) is 18.0. The third-order valence-corrected chi connectivity index (χ3v) is 3.91. The fourth-order valence-electron chi connectivity index (χ4n) is 2.57. The van der Waals surface area contributed by atoms with Crippen LogP contribution in [-0.4, -0.2) is 26.0 Å². The van der Waals surface area contributed by atoms with Crippen molar-refractivity contribution in [3.8, 4) is 0 Å². The SMILES string of the molecule is CCOC(CNC1CCc2cc(Br)ccc21)OCC. The molecule has 19 heavy (non-hydrogen) atoms. The highest BCUT2D eigenvalue weighted by molar-refractivity contribution is 9.10. The van der Waals surface area contributed by atoms with Crippen LogP contribution >= 0.6 is 15.9 Å². The summed E-state index contributed by atoms with van der Waals surface area (Å²) < 4.78 is 12.3. The summed E-state index contributed by atoms with van der Waals surface area (Å²) in [5.74, 6) is 0. The smallest absolute Gasteiger partial charge is 0.169 e. The zero-order chi connectivity index (χ0) is 13.7. The average molecular weight is 328 g/mol. The Bertz CT molecular complexity index is 405. The van der Waals surface area contributed by atoms with E-state index in [0.717, 1.165) is 23.9 Å². The molecule has 0 aliphatic heterocycles. The lowest BCUT2D eigenvalue weighted by Gasteiger charge is -2.21. The van der Waals surface area contributed by atoms with E-state index in [1.165, 1.54) is 11.1 Å². The Morgan fingerprint density at radius 2 is 2.05 bits per heavy atom. The van der Waals surface area contributed by atoms with E-state index in [-0.39, 0.29) is 6.29 Å². The van der Waals surface area contributed by atoms with E-state index in [1.54, 1.807) is 0 Å². The number of aryl methyl sites for hydroxylation is 1. The van der Waals surface area contributed by atoms with Crippen LogP contribution in [0.25, 0.3) is 0 Å². The van der Waals surface area contributed by atoms with Gasteiger partial charge in [0.05, 0.1) is 0 Å². The molecule has 0 bridgehead atoms. The number of fused-ring (bicyclic) bond motifs is 1. The van der Waals surface area contributed by atoms with Crippen LogP contribution in [0.1, 0.15) is 37.4 Å². The maximum Gasteiger partial charge on any atom is 0.169 e. The summed E-state index contributed by atoms with van der Waals surface area (Å²) >= 11 is 3.53. The highest BCUT2D eigenvalue weighted by Gasteiger charge is 2.23. The molecule has 4 heteroatoms. The van der Waals surface area contributed by atoms with Crippen molar-refractivity contribution < 1.29 is 9.47 Å². The molecule has 0 aromatic heterocycles. The Kier molecular flexibility index (Phi) is 5.82. The summed E-state index contributed by atoms with van der Waals surface area (Å²) in [5.41, 5.74) is 2.85. The number of benzene rings is 1. The molecule has 1 aliphatic rings. The minimum absolute atomic E-state index is 0.144. The van der Waals surface area contributed by atoms with Gasteiger partial charge in [-0.05, 0) is 49.9 Å². The van der Waals surface area contributed by atoms with Gasteiger partial charge in [0.15, 0.2) is 6.29 Å². The maximum absolute atomic E-state index is 5.56. The van der Waals surface area contributed by atoms with Crippen LogP contribution in [0.3, 0.4) is 0 Å². The molecular weight excluding hydrogens is 306 g/mol. The van der Waals surface area contributed by atoms with Gasteiger partial charge in [0.2, 0.25) is 0 Å². The number of hydrogen-bond acceptors (Lipinski definition) is 3. The topological polar surface area (TPSA) is 30.5 Å². The van der Waals surface area contributed by atoms with Gasteiger partial charge in [-0.2, -0.15) is 0 Å². The van der Waals surface area contributed by atoms with Crippen molar-refractivity contribution in [2.24, 2.45) is 0 Å². The molecule has 1 aromatic rings. The first-order chi connectivity index (χ1) is 9.24. The van der Waals surface area contributed by atoms with Crippen LogP contribution in [0.15, 0.2) is 22.7 Å². The molecule has 0 heterocycles. The predicted molar refractivity (Wildman–Crippen MR) is 80.2 cm³/mol. The first-order valence-corrected chi connectivity index (χ1v) is 7.78. The Balaban J connectivity index is 1.91. The van der Waals surface area contributed by atoms with Crippen LogP contribution in [0.2, 0.25) is 0 Å². The lowest BCUT2D eigenvalue weighted by molar-refractivity contribution is -0.133. The first kappa shape index (κ1) is 15.0. The van der Waals surface area contributed by atoms with Gasteiger partial charge >= 0.3 is 0 Å². The molecule has 1 atom stereocenters. The average Bonchev–Trinajstić information content (AvgIpc) is 2.78. The zero-order valence-corrected chi connectivity index (χ0v) is 13.2. The summed E-state index contributed by atoms with van der Waals surface area (Å²) in [6.07, 6.45) is 2.14. The Morgan fingerprint density at radius 1 is 1.32 bits per heavy atom. The Hall–Kier alpha value is -0.420. The second kappa shape index (κ2) is 7.39. The number of halogens is 1. The molecule has 2 rings (SSSR count). The van der Waals surface area contributed by atoms with Gasteiger partial charge < -0.3 is 14.8 Å². The van der Waals surface area contributed by atoms with Crippen LogP contribution in [-0.2, 0) is 15.9 Å². The maximum atomic E-state index is 5.56. The van der Waals surface area contributed by atoms with Crippen molar-refractivity contribution in [3.63, 3.8) is 0 Å². The summed E-state index contributed by atoms with van der Waals surface area (Å²) in [6, 6.07) is 6.97. The van der Waals surface area contributed by atoms with Crippen LogP contribution in [0.4, 0.5) is 0 Å². The number of ether oxygens (including phenoxy) is 2. The fourth-order valence-corrected chi connectivity index (χ4v) is 2.98. The van der Waals surface area contributed by atoms with Gasteiger partial charge in [0.25, 0.3) is 0 Å². The van der Waals surface area contributed by atoms with E-state index in [4.69, 9.17) is 9.47 Å². The molecule has 0 spiro atoms. The predicted octanol–water partition coefficient (Wildman–Crippen LogP) is 3.43. The fraction of sp³-hybridized carbons (Fsp3) is 0.600. The van der Waals surface area contributed by atoms with Gasteiger partial charge in [0, 0.05) is 30.3 Å². The van der Waals surface area contributed by atoms with E-state index in [1.807, 2.05) is 13.8 Å². The van der Waals surface area contributed by atoms with Crippen molar-refractivity contribution in [1.29, 1.82) is 0 Å². The van der Waals surface area contributed by atoms with Crippen LogP contribution in [0.5, 0.6) is 0 Å². The highest BCUT2D eigenvalue weighted by Crippen LogP contribution is 2.32. The Labute approximate surface area is 123 Å². The van der Waals surface area contributed by atoms with Crippen LogP contribution < -0.4 is 5.32 Å². The van der Waals surface area contributed by atoms with E-state index < -0.39 is 0 Å². The van der Waals surface area contributed by atoms with Gasteiger partial charge in [-0.15, -0.1) is 0 Å². The van der Waals surface area contributed by atoms with Gasteiger partial charge in [0.1, 0.15) is 0 Å². The lowest BCUT2D eigenvalue weighted by Crippen LogP contribution is -2.33. The highest BCUT2D eigenvalue weighted by atomic mass is 79.9. The molecular formula is C15H22BrNO2. The molecule has 3 nitrogen and oxygen atoms in total. The summed E-state index contributed by atoms with van der Waals surface area (Å²) in [7, 11) is 0. The third kappa shape index (κ3) is 4.02. The first-order valence-electron chi connectivity index (χ1n) is 6.99. The largest absolute Gasteiger partial charge is 0.352 e. The van der Waals surface area contributed by atoms with Crippen molar-refractivity contribution in [1.82, 2.24) is 5.32 Å². The number of rotatable bonds is 7. The van der Waals surface area contributed by atoms with E-state index in [9.17, 15) is 0 Å². The van der Waals surface area contributed by atoms with Gasteiger partial charge in [-0.3, -0.25) is 0 Å². The minimum atomic E-state index is -0.144. The van der Waals surface area contributed by atoms with Crippen molar-refractivity contribution >= 4 is 15.9 Å². The second-order valence-electron chi connectivity index (χ2n) is 4.68. The summed E-state index contributed by atoms with van der Waals surface area (Å²) in [6.45, 7) is 6.09. The third-order valence-electron chi connectivity index (χ3n) is 3.42. The molecule has 0 fully saturated rings. The van der Waals surface area contributed by atoms with Crippen molar-refractivity contribution in [2.75, 3.05) is 19.8 Å². The molecule has 0 saturated heterocycles. The molecule has 0 amide bonds. The molecule has 0 saturated carbocycles. The molecule has 1 unspecified atom stereocenters. The van der Waals surface area contributed by atoms with Crippen molar-refractivity contribution in [2.45, 2.75) is 39.0 Å². The number of hydrogen-bond donors (Lipinski definition) is 1. The minimum Gasteiger partial charge on any atom is -0.352 e. The van der Waals surface area contributed by atoms with Gasteiger partial charge in [-0.1, -0.05) is 22.0 Å². The monoisotopic (exact) mass is 327 g/mol. The van der Waals surface area contributed by atoms with E-state index in [0.29, 0.717) is 19.3 Å². The standard InChI is InChI=1S/C15H22BrNO2/c1-3-18-15(19-4-2)10-17-14-8-5-11-9-12(16)6-7-13(11)14/h6-7,9,14-15,17H,3-5,8,10H2,1-2H3.